The summed E-state index contributed by atoms with van der Waals surface area (Å²) in [6.45, 7) is 7.24. The van der Waals surface area contributed by atoms with E-state index in [9.17, 15) is 8.78 Å². The fourth-order valence-corrected chi connectivity index (χ4v) is 3.28. The predicted octanol–water partition coefficient (Wildman–Crippen LogP) is 5.56. The molecule has 0 amide bonds. The molecule has 1 aromatic heterocycles. The minimum Gasteiger partial charge on any atom is -0.393 e. The van der Waals surface area contributed by atoms with E-state index >= 15 is 0 Å². The summed E-state index contributed by atoms with van der Waals surface area (Å²) in [7, 11) is 0. The topological polar surface area (TPSA) is 66.2 Å². The van der Waals surface area contributed by atoms with Gasteiger partial charge in [-0.3, -0.25) is 4.98 Å². The Balaban J connectivity index is 0.000000423. The monoisotopic (exact) mass is 628 g/mol. The largest absolute Gasteiger partial charge is 0.393 e. The SMILES string of the molecule is CC(O)CC(C)O.[CH2-]c1cc(F)ccc1-c1nc2ccccc2nc1-c1ccc(F)cc1.[Ir]. The summed E-state index contributed by atoms with van der Waals surface area (Å²) in [5.41, 5.74) is 4.61. The second kappa shape index (κ2) is 12.0. The first-order chi connectivity index (χ1) is 15.2. The Morgan fingerprint density at radius 2 is 1.30 bits per heavy atom. The Labute approximate surface area is 205 Å². The molecule has 4 nitrogen and oxygen atoms in total. The summed E-state index contributed by atoms with van der Waals surface area (Å²) in [5.74, 6) is -0.676. The molecule has 33 heavy (non-hydrogen) atoms. The van der Waals surface area contributed by atoms with Crippen molar-refractivity contribution in [3.63, 3.8) is 0 Å². The number of halogens is 2. The van der Waals surface area contributed by atoms with Gasteiger partial charge in [0.2, 0.25) is 0 Å². The molecule has 0 aliphatic heterocycles. The molecule has 175 valence electrons. The minimum absolute atomic E-state index is 0. The molecular formula is C26H25F2IrN2O2-. The summed E-state index contributed by atoms with van der Waals surface area (Å²) in [5, 5.41) is 17.1. The van der Waals surface area contributed by atoms with Crippen molar-refractivity contribution in [2.75, 3.05) is 0 Å². The van der Waals surface area contributed by atoms with E-state index in [1.165, 1.54) is 24.3 Å². The van der Waals surface area contributed by atoms with Crippen LogP contribution >= 0.6 is 0 Å². The van der Waals surface area contributed by atoms with Crippen LogP contribution in [0.1, 0.15) is 25.8 Å². The molecule has 0 spiro atoms. The quantitative estimate of drug-likeness (QED) is 0.291. The zero-order chi connectivity index (χ0) is 23.3. The number of hydrogen-bond acceptors (Lipinski definition) is 4. The molecule has 2 N–H and O–H groups in total. The molecular weight excluding hydrogens is 603 g/mol. The van der Waals surface area contributed by atoms with Gasteiger partial charge in [0.15, 0.2) is 0 Å². The Morgan fingerprint density at radius 1 is 0.788 bits per heavy atom. The number of benzene rings is 3. The number of aromatic nitrogens is 2. The maximum atomic E-state index is 13.5. The molecule has 2 unspecified atom stereocenters. The van der Waals surface area contributed by atoms with Gasteiger partial charge in [0.1, 0.15) is 5.82 Å². The molecule has 0 fully saturated rings. The molecule has 2 atom stereocenters. The normalized spacial score (nSPS) is 12.3. The second-order valence-corrected chi connectivity index (χ2v) is 7.65. The summed E-state index contributed by atoms with van der Waals surface area (Å²) in [4.78, 5) is 9.42. The van der Waals surface area contributed by atoms with Gasteiger partial charge in [0.25, 0.3) is 0 Å². The molecule has 1 radical (unpaired) electrons. The van der Waals surface area contributed by atoms with Crippen molar-refractivity contribution in [1.29, 1.82) is 0 Å². The zero-order valence-corrected chi connectivity index (χ0v) is 20.7. The molecule has 0 saturated heterocycles. The van der Waals surface area contributed by atoms with Gasteiger partial charge < -0.3 is 10.2 Å². The Hall–Kier alpha value is -2.70. The van der Waals surface area contributed by atoms with Gasteiger partial charge in [-0.15, -0.1) is 12.1 Å². The average molecular weight is 628 g/mol. The molecule has 0 saturated carbocycles. The molecule has 4 aromatic rings. The van der Waals surface area contributed by atoms with Crippen LogP contribution in [0.2, 0.25) is 0 Å². The smallest absolute Gasteiger partial charge is 0.123 e. The fourth-order valence-electron chi connectivity index (χ4n) is 3.28. The van der Waals surface area contributed by atoms with E-state index < -0.39 is 0 Å². The van der Waals surface area contributed by atoms with Crippen molar-refractivity contribution in [3.8, 4) is 22.5 Å². The number of fused-ring (bicyclic) bond motifs is 1. The second-order valence-electron chi connectivity index (χ2n) is 7.65. The van der Waals surface area contributed by atoms with Gasteiger partial charge in [-0.25, -0.2) is 13.8 Å². The third-order valence-corrected chi connectivity index (χ3v) is 4.69. The van der Waals surface area contributed by atoms with Crippen molar-refractivity contribution < 1.29 is 39.1 Å². The number of aliphatic hydroxyl groups is 2. The van der Waals surface area contributed by atoms with Crippen LogP contribution in [0, 0.1) is 18.6 Å². The molecule has 0 bridgehead atoms. The van der Waals surface area contributed by atoms with Crippen LogP contribution in [0.15, 0.2) is 66.7 Å². The Morgan fingerprint density at radius 3 is 1.79 bits per heavy atom. The first kappa shape index (κ1) is 26.6. The van der Waals surface area contributed by atoms with Crippen molar-refractivity contribution in [2.45, 2.75) is 32.5 Å². The fraction of sp³-hybridized carbons (Fsp3) is 0.192. The van der Waals surface area contributed by atoms with E-state index in [4.69, 9.17) is 20.2 Å². The standard InChI is InChI=1S/C21H13F2N2.C5H12O2.Ir/c1-13-12-16(23)10-11-17(13)21-20(14-6-8-15(22)9-7-14)24-18-4-2-3-5-19(18)25-21;1-4(6)3-5(2)7;/h2-12H,1H2;4-7H,3H2,1-2H3;/q-1;;. The van der Waals surface area contributed by atoms with Crippen LogP contribution in [0.25, 0.3) is 33.5 Å². The first-order valence-electron chi connectivity index (χ1n) is 10.3. The molecule has 1 heterocycles. The summed E-state index contributed by atoms with van der Waals surface area (Å²) < 4.78 is 26.8. The van der Waals surface area contributed by atoms with Crippen LogP contribution in [-0.2, 0) is 20.1 Å². The average Bonchev–Trinajstić information content (AvgIpc) is 2.73. The summed E-state index contributed by atoms with van der Waals surface area (Å²) in [6.07, 6.45) is -0.278. The van der Waals surface area contributed by atoms with E-state index in [0.29, 0.717) is 28.9 Å². The van der Waals surface area contributed by atoms with Crippen LogP contribution in [0.5, 0.6) is 0 Å². The molecule has 7 heteroatoms. The van der Waals surface area contributed by atoms with Crippen LogP contribution in [-0.4, -0.2) is 32.4 Å². The third kappa shape index (κ3) is 7.14. The Bertz CT molecular complexity index is 1190. The summed E-state index contributed by atoms with van der Waals surface area (Å²) in [6, 6.07) is 18.0. The van der Waals surface area contributed by atoms with Gasteiger partial charge in [0.05, 0.1) is 34.8 Å². The maximum Gasteiger partial charge on any atom is 0.123 e. The van der Waals surface area contributed by atoms with Gasteiger partial charge in [-0.2, -0.15) is 12.5 Å². The van der Waals surface area contributed by atoms with Gasteiger partial charge >= 0.3 is 0 Å². The van der Waals surface area contributed by atoms with E-state index in [0.717, 1.165) is 16.6 Å². The van der Waals surface area contributed by atoms with E-state index in [1.54, 1.807) is 32.0 Å². The maximum absolute atomic E-state index is 13.5. The summed E-state index contributed by atoms with van der Waals surface area (Å²) >= 11 is 0. The number of rotatable bonds is 4. The van der Waals surface area contributed by atoms with Crippen molar-refractivity contribution >= 4 is 11.0 Å². The molecule has 0 aliphatic rings. The van der Waals surface area contributed by atoms with Crippen molar-refractivity contribution in [3.05, 3.63) is 90.9 Å². The molecule has 4 rings (SSSR count). The van der Waals surface area contributed by atoms with E-state index in [1.807, 2.05) is 24.3 Å². The number of para-hydroxylation sites is 2. The van der Waals surface area contributed by atoms with Crippen molar-refractivity contribution in [1.82, 2.24) is 9.97 Å². The van der Waals surface area contributed by atoms with Crippen molar-refractivity contribution in [2.24, 2.45) is 0 Å². The third-order valence-electron chi connectivity index (χ3n) is 4.69. The van der Waals surface area contributed by atoms with E-state index in [2.05, 4.69) is 6.92 Å². The van der Waals surface area contributed by atoms with Gasteiger partial charge in [-0.05, 0) is 56.7 Å². The molecule has 3 aromatic carbocycles. The molecule has 0 aliphatic carbocycles. The predicted molar refractivity (Wildman–Crippen MR) is 123 cm³/mol. The number of aliphatic hydroxyl groups excluding tert-OH is 2. The number of nitrogens with zero attached hydrogens (tertiary/aromatic N) is 2. The van der Waals surface area contributed by atoms with Gasteiger partial charge in [-0.1, -0.05) is 23.8 Å². The Kier molecular flexibility index (Phi) is 9.62. The first-order valence-corrected chi connectivity index (χ1v) is 10.3. The minimum atomic E-state index is -0.375. The van der Waals surface area contributed by atoms with Crippen LogP contribution in [0.4, 0.5) is 8.78 Å². The van der Waals surface area contributed by atoms with Crippen LogP contribution < -0.4 is 0 Å². The number of hydrogen-bond donors (Lipinski definition) is 2. The van der Waals surface area contributed by atoms with Crippen LogP contribution in [0.3, 0.4) is 0 Å². The van der Waals surface area contributed by atoms with E-state index in [-0.39, 0.29) is 43.9 Å². The zero-order valence-electron chi connectivity index (χ0n) is 18.3. The van der Waals surface area contributed by atoms with Gasteiger partial charge in [0, 0.05) is 31.4 Å².